The lowest BCUT2D eigenvalue weighted by atomic mass is 10.1. The minimum absolute atomic E-state index is 0.0836. The maximum atomic E-state index is 6.00. The number of nitrogens with two attached hydrogens (primary N) is 1. The van der Waals surface area contributed by atoms with Gasteiger partial charge in [-0.2, -0.15) is 0 Å². The van der Waals surface area contributed by atoms with Crippen LogP contribution in [0.2, 0.25) is 0 Å². The van der Waals surface area contributed by atoms with Crippen molar-refractivity contribution in [1.29, 1.82) is 0 Å². The summed E-state index contributed by atoms with van der Waals surface area (Å²) < 4.78 is 6.85. The minimum atomic E-state index is -0.0836. The number of hydrogen-bond donors (Lipinski definition) is 2. The first-order chi connectivity index (χ1) is 7.20. The Morgan fingerprint density at radius 2 is 2.27 bits per heavy atom. The summed E-state index contributed by atoms with van der Waals surface area (Å²) in [5.41, 5.74) is 6.00. The van der Waals surface area contributed by atoms with E-state index in [1.54, 1.807) is 7.11 Å². The van der Waals surface area contributed by atoms with Crippen molar-refractivity contribution in [3.63, 3.8) is 0 Å². The topological polar surface area (TPSA) is 78.0 Å². The lowest BCUT2D eigenvalue weighted by molar-refractivity contribution is 0.190. The highest BCUT2D eigenvalue weighted by Gasteiger charge is 2.14. The van der Waals surface area contributed by atoms with Crippen LogP contribution in [0.25, 0.3) is 0 Å². The van der Waals surface area contributed by atoms with Crippen LogP contribution in [-0.2, 0) is 11.8 Å². The molecule has 3 N–H and O–H groups in total. The molecule has 1 rings (SSSR count). The van der Waals surface area contributed by atoms with Crippen LogP contribution < -0.4 is 11.1 Å². The van der Waals surface area contributed by atoms with Gasteiger partial charge in [-0.1, -0.05) is 0 Å². The number of rotatable bonds is 6. The molecule has 1 unspecified atom stereocenters. The SMILES string of the molecule is CNc1nnc(C(N)CCCOC)n1C. The normalized spacial score (nSPS) is 12.8. The van der Waals surface area contributed by atoms with Crippen LogP contribution in [-0.4, -0.2) is 35.5 Å². The van der Waals surface area contributed by atoms with E-state index in [0.29, 0.717) is 0 Å². The van der Waals surface area contributed by atoms with E-state index in [1.807, 2.05) is 18.7 Å². The lowest BCUT2D eigenvalue weighted by Gasteiger charge is -2.10. The van der Waals surface area contributed by atoms with Crippen LogP contribution in [0.1, 0.15) is 24.7 Å². The summed E-state index contributed by atoms with van der Waals surface area (Å²) in [6, 6.07) is -0.0836. The van der Waals surface area contributed by atoms with Crippen LogP contribution in [0, 0.1) is 0 Å². The number of nitrogens with one attached hydrogen (secondary N) is 1. The van der Waals surface area contributed by atoms with Crippen molar-refractivity contribution in [3.8, 4) is 0 Å². The molecule has 0 saturated heterocycles. The average Bonchev–Trinajstić information content (AvgIpc) is 2.60. The molecule has 1 aromatic heterocycles. The van der Waals surface area contributed by atoms with Gasteiger partial charge in [-0.05, 0) is 12.8 Å². The van der Waals surface area contributed by atoms with Crippen LogP contribution in [0.15, 0.2) is 0 Å². The van der Waals surface area contributed by atoms with Crippen molar-refractivity contribution in [2.24, 2.45) is 12.8 Å². The van der Waals surface area contributed by atoms with Gasteiger partial charge in [0.15, 0.2) is 5.82 Å². The zero-order valence-corrected chi connectivity index (χ0v) is 9.53. The molecule has 6 nitrogen and oxygen atoms in total. The number of nitrogens with zero attached hydrogens (tertiary/aromatic N) is 3. The number of anilines is 1. The molecule has 0 bridgehead atoms. The van der Waals surface area contributed by atoms with E-state index in [-0.39, 0.29) is 6.04 Å². The van der Waals surface area contributed by atoms with Gasteiger partial charge in [-0.15, -0.1) is 10.2 Å². The van der Waals surface area contributed by atoms with Gasteiger partial charge >= 0.3 is 0 Å². The highest BCUT2D eigenvalue weighted by molar-refractivity contribution is 5.24. The van der Waals surface area contributed by atoms with Crippen LogP contribution in [0.4, 0.5) is 5.95 Å². The summed E-state index contributed by atoms with van der Waals surface area (Å²) in [5, 5.41) is 11.0. The first kappa shape index (κ1) is 11.9. The van der Waals surface area contributed by atoms with Crippen molar-refractivity contribution in [2.75, 3.05) is 26.1 Å². The summed E-state index contributed by atoms with van der Waals surface area (Å²) in [6.45, 7) is 0.727. The zero-order valence-electron chi connectivity index (χ0n) is 9.53. The predicted molar refractivity (Wildman–Crippen MR) is 58.6 cm³/mol. The Hall–Kier alpha value is -1.14. The number of methoxy groups -OCH3 is 1. The molecule has 0 aliphatic carbocycles. The Morgan fingerprint density at radius 3 is 2.80 bits per heavy atom. The Labute approximate surface area is 89.8 Å². The third kappa shape index (κ3) is 2.90. The van der Waals surface area contributed by atoms with Gasteiger partial charge in [0, 0.05) is 27.8 Å². The molecule has 0 amide bonds. The van der Waals surface area contributed by atoms with Crippen molar-refractivity contribution in [2.45, 2.75) is 18.9 Å². The third-order valence-corrected chi connectivity index (χ3v) is 2.33. The first-order valence-electron chi connectivity index (χ1n) is 5.02. The maximum Gasteiger partial charge on any atom is 0.224 e. The largest absolute Gasteiger partial charge is 0.385 e. The monoisotopic (exact) mass is 213 g/mol. The van der Waals surface area contributed by atoms with E-state index < -0.39 is 0 Å². The summed E-state index contributed by atoms with van der Waals surface area (Å²) in [5.74, 6) is 1.53. The van der Waals surface area contributed by atoms with Gasteiger partial charge in [0.1, 0.15) is 0 Å². The highest BCUT2D eigenvalue weighted by atomic mass is 16.5. The predicted octanol–water partition coefficient (Wildman–Crippen LogP) is 0.283. The molecular weight excluding hydrogens is 194 g/mol. The zero-order chi connectivity index (χ0) is 11.3. The molecule has 0 aromatic carbocycles. The lowest BCUT2D eigenvalue weighted by Crippen LogP contribution is -2.16. The fraction of sp³-hybridized carbons (Fsp3) is 0.778. The van der Waals surface area contributed by atoms with E-state index in [0.717, 1.165) is 31.2 Å². The van der Waals surface area contributed by atoms with Crippen molar-refractivity contribution >= 4 is 5.95 Å². The number of aromatic nitrogens is 3. The van der Waals surface area contributed by atoms with Gasteiger partial charge in [0.2, 0.25) is 5.95 Å². The smallest absolute Gasteiger partial charge is 0.224 e. The van der Waals surface area contributed by atoms with E-state index in [1.165, 1.54) is 0 Å². The van der Waals surface area contributed by atoms with Crippen molar-refractivity contribution in [3.05, 3.63) is 5.82 Å². The van der Waals surface area contributed by atoms with Crippen molar-refractivity contribution in [1.82, 2.24) is 14.8 Å². The molecule has 0 radical (unpaired) electrons. The standard InChI is InChI=1S/C9H19N5O/c1-11-9-13-12-8(14(9)2)7(10)5-4-6-15-3/h7H,4-6,10H2,1-3H3,(H,11,13). The van der Waals surface area contributed by atoms with E-state index in [4.69, 9.17) is 10.5 Å². The molecule has 1 aromatic rings. The van der Waals surface area contributed by atoms with Gasteiger partial charge in [-0.25, -0.2) is 0 Å². The molecule has 0 spiro atoms. The first-order valence-corrected chi connectivity index (χ1v) is 5.02. The molecule has 15 heavy (non-hydrogen) atoms. The summed E-state index contributed by atoms with van der Waals surface area (Å²) in [7, 11) is 5.40. The molecule has 6 heteroatoms. The molecule has 86 valence electrons. The van der Waals surface area contributed by atoms with Crippen molar-refractivity contribution < 1.29 is 4.74 Å². The van der Waals surface area contributed by atoms with Crippen LogP contribution >= 0.6 is 0 Å². The van der Waals surface area contributed by atoms with Gasteiger partial charge in [0.25, 0.3) is 0 Å². The summed E-state index contributed by atoms with van der Waals surface area (Å²) >= 11 is 0. The average molecular weight is 213 g/mol. The summed E-state index contributed by atoms with van der Waals surface area (Å²) in [4.78, 5) is 0. The maximum absolute atomic E-state index is 6.00. The minimum Gasteiger partial charge on any atom is -0.385 e. The quantitative estimate of drug-likeness (QED) is 0.664. The molecule has 0 aliphatic heterocycles. The Bertz CT molecular complexity index is 299. The van der Waals surface area contributed by atoms with E-state index >= 15 is 0 Å². The van der Waals surface area contributed by atoms with Gasteiger partial charge in [-0.3, -0.25) is 4.57 Å². The second-order valence-electron chi connectivity index (χ2n) is 3.43. The molecule has 0 saturated carbocycles. The molecular formula is C9H19N5O. The Balaban J connectivity index is 2.57. The Kier molecular flexibility index (Phi) is 4.51. The number of ether oxygens (including phenoxy) is 1. The highest BCUT2D eigenvalue weighted by Crippen LogP contribution is 2.15. The van der Waals surface area contributed by atoms with Crippen LogP contribution in [0.3, 0.4) is 0 Å². The molecule has 1 heterocycles. The summed E-state index contributed by atoms with van der Waals surface area (Å²) in [6.07, 6.45) is 1.78. The molecule has 0 fully saturated rings. The molecule has 0 aliphatic rings. The molecule has 1 atom stereocenters. The van der Waals surface area contributed by atoms with Gasteiger partial charge < -0.3 is 15.8 Å². The second-order valence-corrected chi connectivity index (χ2v) is 3.43. The third-order valence-electron chi connectivity index (χ3n) is 2.33. The fourth-order valence-electron chi connectivity index (χ4n) is 1.46. The Morgan fingerprint density at radius 1 is 1.53 bits per heavy atom. The van der Waals surface area contributed by atoms with E-state index in [9.17, 15) is 0 Å². The van der Waals surface area contributed by atoms with Gasteiger partial charge in [0.05, 0.1) is 6.04 Å². The van der Waals surface area contributed by atoms with E-state index in [2.05, 4.69) is 15.5 Å². The fourth-order valence-corrected chi connectivity index (χ4v) is 1.46. The van der Waals surface area contributed by atoms with Crippen LogP contribution in [0.5, 0.6) is 0 Å². The number of hydrogen-bond acceptors (Lipinski definition) is 5. The second kappa shape index (κ2) is 5.67.